The molecule has 2 atom stereocenters. The molecule has 0 bridgehead atoms. The third-order valence-electron chi connectivity index (χ3n) is 5.58. The maximum Gasteiger partial charge on any atom is 0.449 e. The smallest absolute Gasteiger partial charge is 0.449 e. The number of rotatable bonds is 2. The summed E-state index contributed by atoms with van der Waals surface area (Å²) in [6, 6.07) is 7.23. The number of hydrogen-bond acceptors (Lipinski definition) is 6. The molecular formula is C20H13F3N2O5S. The summed E-state index contributed by atoms with van der Waals surface area (Å²) in [7, 11) is -1.73. The second-order valence-corrected chi connectivity index (χ2v) is 8.90. The van der Waals surface area contributed by atoms with Crippen molar-refractivity contribution >= 4 is 16.7 Å². The van der Waals surface area contributed by atoms with Gasteiger partial charge in [-0.05, 0) is 24.3 Å². The Morgan fingerprint density at radius 3 is 2.65 bits per heavy atom. The van der Waals surface area contributed by atoms with Crippen molar-refractivity contribution in [2.75, 3.05) is 17.7 Å². The zero-order valence-corrected chi connectivity index (χ0v) is 16.5. The Kier molecular flexibility index (Phi) is 3.69. The lowest BCUT2D eigenvalue weighted by Gasteiger charge is -2.23. The molecule has 0 radical (unpaired) electrons. The molecule has 0 saturated heterocycles. The number of ether oxygens (including phenoxy) is 3. The molecule has 160 valence electrons. The Labute approximate surface area is 175 Å². The third kappa shape index (κ3) is 2.52. The fourth-order valence-corrected chi connectivity index (χ4v) is 5.98. The van der Waals surface area contributed by atoms with Crippen LogP contribution in [-0.2, 0) is 28.5 Å². The van der Waals surface area contributed by atoms with E-state index in [1.165, 1.54) is 10.4 Å². The summed E-state index contributed by atoms with van der Waals surface area (Å²) in [4.78, 5) is 4.19. The van der Waals surface area contributed by atoms with Crippen molar-refractivity contribution < 1.29 is 36.0 Å². The molecule has 31 heavy (non-hydrogen) atoms. The highest BCUT2D eigenvalue weighted by Gasteiger charge is 2.57. The lowest BCUT2D eigenvalue weighted by Crippen LogP contribution is -2.36. The number of pyridine rings is 1. The van der Waals surface area contributed by atoms with Crippen molar-refractivity contribution in [1.29, 1.82) is 0 Å². The molecule has 3 aromatic rings. The molecule has 6 rings (SSSR count). The van der Waals surface area contributed by atoms with E-state index in [0.717, 1.165) is 6.07 Å². The lowest BCUT2D eigenvalue weighted by molar-refractivity contribution is -0.153. The molecule has 2 unspecified atom stereocenters. The van der Waals surface area contributed by atoms with Crippen LogP contribution in [0.15, 0.2) is 47.1 Å². The van der Waals surface area contributed by atoms with Crippen LogP contribution in [0.2, 0.25) is 0 Å². The van der Waals surface area contributed by atoms with Gasteiger partial charge >= 0.3 is 6.18 Å². The van der Waals surface area contributed by atoms with E-state index in [-0.39, 0.29) is 25.7 Å². The number of alkyl halides is 3. The van der Waals surface area contributed by atoms with Crippen LogP contribution in [0.3, 0.4) is 0 Å². The van der Waals surface area contributed by atoms with E-state index >= 15 is 0 Å². The molecule has 2 aromatic heterocycles. The summed E-state index contributed by atoms with van der Waals surface area (Å²) < 4.78 is 74.8. The van der Waals surface area contributed by atoms with E-state index in [2.05, 4.69) is 4.98 Å². The maximum absolute atomic E-state index is 13.9. The molecule has 1 aromatic carbocycles. The number of benzene rings is 1. The monoisotopic (exact) mass is 450 g/mol. The van der Waals surface area contributed by atoms with Crippen LogP contribution in [0, 0.1) is 0 Å². The Morgan fingerprint density at radius 2 is 1.87 bits per heavy atom. The normalized spacial score (nSPS) is 23.2. The largest absolute Gasteiger partial charge is 0.491 e. The van der Waals surface area contributed by atoms with Gasteiger partial charge in [-0.2, -0.15) is 13.2 Å². The van der Waals surface area contributed by atoms with Gasteiger partial charge in [-0.3, -0.25) is 9.29 Å². The van der Waals surface area contributed by atoms with Crippen LogP contribution in [-0.4, -0.2) is 22.6 Å². The van der Waals surface area contributed by atoms with Crippen LogP contribution in [0.4, 0.5) is 18.9 Å². The van der Waals surface area contributed by atoms with Crippen LogP contribution in [0.25, 0.3) is 0 Å². The molecule has 3 aliphatic rings. The van der Waals surface area contributed by atoms with E-state index in [0.29, 0.717) is 34.1 Å². The zero-order valence-electron chi connectivity index (χ0n) is 15.6. The van der Waals surface area contributed by atoms with Crippen molar-refractivity contribution in [3.8, 4) is 17.2 Å². The van der Waals surface area contributed by atoms with Crippen molar-refractivity contribution in [3.63, 3.8) is 0 Å². The number of anilines is 1. The van der Waals surface area contributed by atoms with Gasteiger partial charge in [0.05, 0.1) is 12.2 Å². The molecule has 5 heterocycles. The first-order chi connectivity index (χ1) is 14.9. The van der Waals surface area contributed by atoms with Crippen molar-refractivity contribution in [1.82, 2.24) is 4.98 Å². The molecule has 7 nitrogen and oxygen atoms in total. The molecule has 0 amide bonds. The molecule has 3 aliphatic heterocycles. The average Bonchev–Trinajstić information content (AvgIpc) is 3.50. The number of halogens is 3. The molecule has 0 N–H and O–H groups in total. The second kappa shape index (κ2) is 6.16. The molecular weight excluding hydrogens is 437 g/mol. The van der Waals surface area contributed by atoms with Crippen molar-refractivity contribution in [2.24, 2.45) is 0 Å². The number of fused-ring (bicyclic) bond motifs is 5. The van der Waals surface area contributed by atoms with Crippen LogP contribution < -0.4 is 18.5 Å². The fourth-order valence-electron chi connectivity index (χ4n) is 4.17. The molecule has 1 spiro atoms. The summed E-state index contributed by atoms with van der Waals surface area (Å²) in [6.45, 7) is 0.0545. The van der Waals surface area contributed by atoms with E-state index in [4.69, 9.17) is 18.6 Å². The summed E-state index contributed by atoms with van der Waals surface area (Å²) in [5, 5.41) is 0. The minimum atomic E-state index is -4.59. The minimum absolute atomic E-state index is 0.0466. The molecule has 11 heteroatoms. The van der Waals surface area contributed by atoms with Gasteiger partial charge < -0.3 is 18.6 Å². The Bertz CT molecular complexity index is 1240. The van der Waals surface area contributed by atoms with Gasteiger partial charge in [0.25, 0.3) is 0 Å². The fraction of sp³-hybridized carbons (Fsp3) is 0.250. The number of aromatic nitrogens is 1. The molecule has 0 fully saturated rings. The highest BCUT2D eigenvalue weighted by Crippen LogP contribution is 2.56. The highest BCUT2D eigenvalue weighted by molar-refractivity contribution is 7.88. The first kappa shape index (κ1) is 18.6. The summed E-state index contributed by atoms with van der Waals surface area (Å²) in [6.07, 6.45) is -1.44. The van der Waals surface area contributed by atoms with Gasteiger partial charge in [-0.25, -0.2) is 4.21 Å². The lowest BCUT2D eigenvalue weighted by atomic mass is 9.92. The zero-order chi connectivity index (χ0) is 21.4. The Hall–Kier alpha value is -3.21. The van der Waals surface area contributed by atoms with E-state index in [1.54, 1.807) is 30.6 Å². The minimum Gasteiger partial charge on any atom is -0.491 e. The molecule has 0 aliphatic carbocycles. The topological polar surface area (TPSA) is 74.0 Å². The van der Waals surface area contributed by atoms with Gasteiger partial charge in [0, 0.05) is 29.6 Å². The predicted octanol–water partition coefficient (Wildman–Crippen LogP) is 3.74. The number of furan rings is 1. The first-order valence-corrected chi connectivity index (χ1v) is 10.4. The summed E-state index contributed by atoms with van der Waals surface area (Å²) >= 11 is 0. The van der Waals surface area contributed by atoms with Crippen molar-refractivity contribution in [2.45, 2.75) is 17.5 Å². The first-order valence-electron chi connectivity index (χ1n) is 9.25. The van der Waals surface area contributed by atoms with E-state index in [1.807, 2.05) is 0 Å². The van der Waals surface area contributed by atoms with Gasteiger partial charge in [-0.15, -0.1) is 0 Å². The van der Waals surface area contributed by atoms with E-state index in [9.17, 15) is 17.4 Å². The third-order valence-corrected chi connectivity index (χ3v) is 7.46. The van der Waals surface area contributed by atoms with Gasteiger partial charge in [0.2, 0.25) is 12.6 Å². The highest BCUT2D eigenvalue weighted by atomic mass is 32.2. The number of hydrogen-bond donors (Lipinski definition) is 0. The Morgan fingerprint density at radius 1 is 1.06 bits per heavy atom. The number of nitrogens with zero attached hydrogens (tertiary/aromatic N) is 2. The predicted molar refractivity (Wildman–Crippen MR) is 101 cm³/mol. The van der Waals surface area contributed by atoms with Crippen LogP contribution in [0.5, 0.6) is 17.2 Å². The standard InChI is InChI=1S/C20H13F3N2O5S/c21-20(22,23)18-2-1-11(30-18)8-25-14-3-4-24-7-13(14)19(31(25)26)9-27-15-6-17-16(5-12(15)19)28-10-29-17/h1-7H,8-10H2. The second-order valence-electron chi connectivity index (χ2n) is 7.26. The van der Waals surface area contributed by atoms with Crippen LogP contribution >= 0.6 is 0 Å². The van der Waals surface area contributed by atoms with Gasteiger partial charge in [0.1, 0.15) is 29.1 Å². The quantitative estimate of drug-likeness (QED) is 0.592. The van der Waals surface area contributed by atoms with Gasteiger partial charge in [0.15, 0.2) is 16.2 Å². The van der Waals surface area contributed by atoms with E-state index < -0.39 is 27.7 Å². The summed E-state index contributed by atoms with van der Waals surface area (Å²) in [5.41, 5.74) is 1.91. The average molecular weight is 450 g/mol. The van der Waals surface area contributed by atoms with Gasteiger partial charge in [-0.1, -0.05) is 0 Å². The summed E-state index contributed by atoms with van der Waals surface area (Å²) in [5.74, 6) is 0.528. The maximum atomic E-state index is 13.9. The molecule has 0 saturated carbocycles. The SMILES string of the molecule is O=S1N(Cc2ccc(C(F)(F)F)o2)c2ccncc2C12COc1cc3c(cc12)OCO3. The van der Waals surface area contributed by atoms with Crippen LogP contribution in [0.1, 0.15) is 22.6 Å². The Balaban J connectivity index is 1.44. The van der Waals surface area contributed by atoms with Crippen molar-refractivity contribution in [3.05, 3.63) is 65.4 Å².